The van der Waals surface area contributed by atoms with Crippen LogP contribution >= 0.6 is 0 Å². The number of hydrogen-bond acceptors (Lipinski definition) is 4. The molecule has 1 aromatic rings. The van der Waals surface area contributed by atoms with Crippen LogP contribution in [-0.2, 0) is 6.54 Å². The zero-order valence-corrected chi connectivity index (χ0v) is 8.83. The molecule has 1 aliphatic heterocycles. The van der Waals surface area contributed by atoms with Gasteiger partial charge in [-0.1, -0.05) is 6.07 Å². The Labute approximate surface area is 93.6 Å². The summed E-state index contributed by atoms with van der Waals surface area (Å²) in [7, 11) is 0. The van der Waals surface area contributed by atoms with Crippen molar-refractivity contribution in [3.8, 4) is 6.19 Å². The van der Waals surface area contributed by atoms with Crippen LogP contribution in [0.2, 0.25) is 0 Å². The van der Waals surface area contributed by atoms with Gasteiger partial charge in [0.05, 0.1) is 0 Å². The van der Waals surface area contributed by atoms with E-state index in [9.17, 15) is 0 Å². The molecule has 1 atom stereocenters. The van der Waals surface area contributed by atoms with E-state index in [-0.39, 0.29) is 0 Å². The topological polar surface area (TPSA) is 79.2 Å². The molecule has 6 heteroatoms. The lowest BCUT2D eigenvalue weighted by atomic mass is 10.3. The van der Waals surface area contributed by atoms with E-state index in [0.717, 1.165) is 19.9 Å². The van der Waals surface area contributed by atoms with E-state index in [1.807, 2.05) is 18.5 Å². The summed E-state index contributed by atoms with van der Waals surface area (Å²) in [5, 5.41) is 14.1. The minimum absolute atomic E-state index is 0.678. The predicted octanol–water partition coefficient (Wildman–Crippen LogP) is -3.51. The molecule has 82 valence electrons. The van der Waals surface area contributed by atoms with Crippen LogP contribution in [-0.4, -0.2) is 24.3 Å². The number of hydrogen-bond donors (Lipinski definition) is 4. The molecule has 2 heterocycles. The average molecular weight is 218 g/mol. The van der Waals surface area contributed by atoms with Crippen molar-refractivity contribution in [3.63, 3.8) is 0 Å². The van der Waals surface area contributed by atoms with Gasteiger partial charge in [-0.15, -0.1) is 0 Å². The Morgan fingerprint density at radius 3 is 3.25 bits per heavy atom. The van der Waals surface area contributed by atoms with Crippen LogP contribution in [0.4, 0.5) is 0 Å². The van der Waals surface area contributed by atoms with Gasteiger partial charge in [0.2, 0.25) is 0 Å². The molecule has 0 saturated heterocycles. The average Bonchev–Trinajstić information content (AvgIpc) is 2.33. The molecule has 4 N–H and O–H groups in total. The van der Waals surface area contributed by atoms with Gasteiger partial charge in [0.1, 0.15) is 6.54 Å². The molecule has 1 unspecified atom stereocenters. The van der Waals surface area contributed by atoms with Crippen molar-refractivity contribution in [1.29, 1.82) is 5.26 Å². The van der Waals surface area contributed by atoms with Gasteiger partial charge in [0.15, 0.2) is 13.3 Å². The van der Waals surface area contributed by atoms with Crippen LogP contribution < -0.4 is 20.5 Å². The van der Waals surface area contributed by atoms with Gasteiger partial charge in [-0.25, -0.2) is 10.3 Å². The van der Waals surface area contributed by atoms with E-state index in [4.69, 9.17) is 5.26 Å². The summed E-state index contributed by atoms with van der Waals surface area (Å²) in [4.78, 5) is 8.53. The first-order valence-corrected chi connectivity index (χ1v) is 5.11. The molecule has 1 aliphatic rings. The number of pyridine rings is 1. The molecule has 16 heavy (non-hydrogen) atoms. The van der Waals surface area contributed by atoms with Crippen molar-refractivity contribution in [2.24, 2.45) is 0 Å². The zero-order chi connectivity index (χ0) is 11.2. The van der Waals surface area contributed by atoms with Crippen molar-refractivity contribution in [2.75, 3.05) is 13.3 Å². The first-order valence-electron chi connectivity index (χ1n) is 5.11. The maximum atomic E-state index is 8.44. The first-order chi connectivity index (χ1) is 7.88. The number of nitriles is 1. The molecular formula is C10H14N6+2. The van der Waals surface area contributed by atoms with Crippen molar-refractivity contribution < 1.29 is 9.89 Å². The van der Waals surface area contributed by atoms with Gasteiger partial charge in [-0.05, 0) is 6.07 Å². The highest BCUT2D eigenvalue weighted by Gasteiger charge is 2.19. The zero-order valence-electron chi connectivity index (χ0n) is 8.83. The molecule has 0 bridgehead atoms. The third-order valence-corrected chi connectivity index (χ3v) is 2.39. The van der Waals surface area contributed by atoms with Crippen LogP contribution in [0.5, 0.6) is 0 Å². The second-order valence-corrected chi connectivity index (χ2v) is 3.61. The largest absolute Gasteiger partial charge is 0.366 e. The van der Waals surface area contributed by atoms with Crippen molar-refractivity contribution in [2.45, 2.75) is 6.54 Å². The lowest BCUT2D eigenvalue weighted by molar-refractivity contribution is -0.991. The molecule has 0 aliphatic carbocycles. The standard InChI is InChI=1S/C10H12N6/c11-6-13-10-14-7-16(8-15-10)5-9-2-1-3-12-4-9/h1-4H,5,7-8H2,(H2,13,14,15)/p+2. The second-order valence-electron chi connectivity index (χ2n) is 3.61. The molecule has 0 spiro atoms. The van der Waals surface area contributed by atoms with Gasteiger partial charge in [0.25, 0.3) is 6.19 Å². The third kappa shape index (κ3) is 2.68. The van der Waals surface area contributed by atoms with Crippen LogP contribution in [0.25, 0.3) is 0 Å². The molecule has 6 nitrogen and oxygen atoms in total. The summed E-state index contributed by atoms with van der Waals surface area (Å²) in [6.45, 7) is 2.48. The van der Waals surface area contributed by atoms with E-state index in [1.165, 1.54) is 10.5 Å². The molecule has 0 fully saturated rings. The highest BCUT2D eigenvalue weighted by atomic mass is 15.4. The molecule has 0 amide bonds. The Morgan fingerprint density at radius 2 is 2.62 bits per heavy atom. The van der Waals surface area contributed by atoms with E-state index in [1.54, 1.807) is 6.20 Å². The van der Waals surface area contributed by atoms with Crippen LogP contribution in [0.1, 0.15) is 5.56 Å². The lowest BCUT2D eigenvalue weighted by Crippen LogP contribution is -3.23. The van der Waals surface area contributed by atoms with Crippen LogP contribution in [0, 0.1) is 11.5 Å². The highest BCUT2D eigenvalue weighted by molar-refractivity contribution is 5.75. The normalized spacial score (nSPS) is 19.2. The molecular weight excluding hydrogens is 204 g/mol. The van der Waals surface area contributed by atoms with Gasteiger partial charge in [-0.3, -0.25) is 9.88 Å². The smallest absolute Gasteiger partial charge is 0.273 e. The van der Waals surface area contributed by atoms with Gasteiger partial charge in [0, 0.05) is 18.0 Å². The quantitative estimate of drug-likeness (QED) is 0.307. The van der Waals surface area contributed by atoms with E-state index in [2.05, 4.69) is 26.7 Å². The Hall–Kier alpha value is -2.13. The van der Waals surface area contributed by atoms with E-state index < -0.39 is 0 Å². The lowest BCUT2D eigenvalue weighted by Gasteiger charge is -2.19. The SMILES string of the molecule is N#CNC1=[NH+]C[NH+](Cc2cccnc2)CN1. The van der Waals surface area contributed by atoms with Crippen molar-refractivity contribution in [1.82, 2.24) is 15.6 Å². The number of nitrogens with zero attached hydrogens (tertiary/aromatic N) is 2. The summed E-state index contributed by atoms with van der Waals surface area (Å²) >= 11 is 0. The monoisotopic (exact) mass is 218 g/mol. The fourth-order valence-electron chi connectivity index (χ4n) is 1.61. The van der Waals surface area contributed by atoms with E-state index >= 15 is 0 Å². The summed E-state index contributed by atoms with van der Waals surface area (Å²) in [5.74, 6) is 0.678. The fourth-order valence-corrected chi connectivity index (χ4v) is 1.61. The van der Waals surface area contributed by atoms with Crippen LogP contribution in [0.15, 0.2) is 24.5 Å². The molecule has 1 aromatic heterocycles. The Balaban J connectivity index is 1.89. The summed E-state index contributed by atoms with van der Waals surface area (Å²) in [6.07, 6.45) is 5.52. The highest BCUT2D eigenvalue weighted by Crippen LogP contribution is 1.91. The van der Waals surface area contributed by atoms with Gasteiger partial charge < -0.3 is 0 Å². The predicted molar refractivity (Wildman–Crippen MR) is 56.5 cm³/mol. The van der Waals surface area contributed by atoms with Gasteiger partial charge in [-0.2, -0.15) is 10.6 Å². The summed E-state index contributed by atoms with van der Waals surface area (Å²) in [5.41, 5.74) is 1.21. The second kappa shape index (κ2) is 5.09. The number of aromatic nitrogens is 1. The maximum Gasteiger partial charge on any atom is 0.366 e. The molecule has 0 radical (unpaired) electrons. The van der Waals surface area contributed by atoms with Crippen molar-refractivity contribution in [3.05, 3.63) is 30.1 Å². The Morgan fingerprint density at radius 1 is 1.69 bits per heavy atom. The Kier molecular flexibility index (Phi) is 3.31. The number of quaternary nitrogens is 1. The third-order valence-electron chi connectivity index (χ3n) is 2.39. The molecule has 0 saturated carbocycles. The fraction of sp³-hybridized carbons (Fsp3) is 0.300. The number of nitrogens with one attached hydrogen (secondary N) is 4. The van der Waals surface area contributed by atoms with Crippen molar-refractivity contribution >= 4 is 5.96 Å². The molecule has 2 rings (SSSR count). The first kappa shape index (κ1) is 10.4. The summed E-state index contributed by atoms with van der Waals surface area (Å²) < 4.78 is 0. The van der Waals surface area contributed by atoms with Gasteiger partial charge >= 0.3 is 5.96 Å². The Bertz CT molecular complexity index is 407. The maximum absolute atomic E-state index is 8.44. The minimum Gasteiger partial charge on any atom is -0.273 e. The number of rotatable bonds is 2. The minimum atomic E-state index is 0.678. The van der Waals surface area contributed by atoms with E-state index in [0.29, 0.717) is 5.96 Å². The number of guanidine groups is 1. The summed E-state index contributed by atoms with van der Waals surface area (Å²) in [6, 6.07) is 4.00. The van der Waals surface area contributed by atoms with Crippen LogP contribution in [0.3, 0.4) is 0 Å². The molecule has 0 aromatic carbocycles.